The van der Waals surface area contributed by atoms with Crippen LogP contribution in [-0.4, -0.2) is 37.9 Å². The molecule has 10 nitrogen and oxygen atoms in total. The molecule has 3 aromatic rings. The average molecular weight is 382 g/mol. The summed E-state index contributed by atoms with van der Waals surface area (Å²) in [7, 11) is 1.49. The van der Waals surface area contributed by atoms with Gasteiger partial charge in [-0.05, 0) is 25.5 Å². The van der Waals surface area contributed by atoms with Crippen LogP contribution in [0.4, 0.5) is 11.4 Å². The van der Waals surface area contributed by atoms with E-state index in [-0.39, 0.29) is 5.69 Å². The molecule has 1 N–H and O–H groups in total. The summed E-state index contributed by atoms with van der Waals surface area (Å²) in [5, 5.41) is 26.0. The number of nitrogens with zero attached hydrogens (tertiary/aromatic N) is 5. The minimum Gasteiger partial charge on any atom is -0.480 e. The number of aromatic nitrogens is 4. The van der Waals surface area contributed by atoms with Gasteiger partial charge in [-0.2, -0.15) is 5.10 Å². The van der Waals surface area contributed by atoms with Crippen LogP contribution in [-0.2, 0) is 6.42 Å². The first-order chi connectivity index (χ1) is 13.5. The number of nitro benzene ring substituents is 1. The van der Waals surface area contributed by atoms with Gasteiger partial charge in [0.1, 0.15) is 0 Å². The Morgan fingerprint density at radius 3 is 2.68 bits per heavy atom. The Labute approximate surface area is 160 Å². The number of anilines is 1. The number of rotatable bonds is 6. The zero-order chi connectivity index (χ0) is 20.3. The van der Waals surface area contributed by atoms with Crippen molar-refractivity contribution in [1.29, 1.82) is 0 Å². The normalized spacial score (nSPS) is 10.5. The van der Waals surface area contributed by atoms with Gasteiger partial charge in [0.15, 0.2) is 5.82 Å². The molecule has 0 aliphatic heterocycles. The fourth-order valence-electron chi connectivity index (χ4n) is 2.78. The summed E-state index contributed by atoms with van der Waals surface area (Å²) in [4.78, 5) is 23.4. The highest BCUT2D eigenvalue weighted by molar-refractivity contribution is 6.05. The minimum absolute atomic E-state index is 0.0577. The molecule has 0 atom stereocenters. The van der Waals surface area contributed by atoms with Gasteiger partial charge in [-0.15, -0.1) is 10.2 Å². The molecule has 3 rings (SSSR count). The van der Waals surface area contributed by atoms with Crippen LogP contribution in [0.15, 0.2) is 36.5 Å². The van der Waals surface area contributed by atoms with E-state index >= 15 is 0 Å². The number of carbonyl (C=O) groups excluding carboxylic acids is 1. The molecule has 1 aromatic carbocycles. The number of hydrogen-bond acceptors (Lipinski definition) is 7. The monoisotopic (exact) mass is 382 g/mol. The molecule has 1 amide bonds. The van der Waals surface area contributed by atoms with Gasteiger partial charge in [0, 0.05) is 12.1 Å². The lowest BCUT2D eigenvalue weighted by molar-refractivity contribution is -0.385. The van der Waals surface area contributed by atoms with Crippen LogP contribution in [0.3, 0.4) is 0 Å². The lowest BCUT2D eigenvalue weighted by Crippen LogP contribution is -2.15. The Morgan fingerprint density at radius 2 is 2.07 bits per heavy atom. The first kappa shape index (κ1) is 19.0. The first-order valence-corrected chi connectivity index (χ1v) is 8.46. The van der Waals surface area contributed by atoms with E-state index in [1.165, 1.54) is 30.1 Å². The molecule has 0 spiro atoms. The topological polar surface area (TPSA) is 125 Å². The molecule has 0 aliphatic carbocycles. The lowest BCUT2D eigenvalue weighted by Gasteiger charge is -2.10. The number of hydrogen-bond donors (Lipinski definition) is 1. The molecule has 144 valence electrons. The number of nitrogens with one attached hydrogen (secondary N) is 1. The number of methoxy groups -OCH3 is 1. The third kappa shape index (κ3) is 3.52. The van der Waals surface area contributed by atoms with Crippen LogP contribution >= 0.6 is 0 Å². The summed E-state index contributed by atoms with van der Waals surface area (Å²) in [6.45, 7) is 3.48. The third-order valence-corrected chi connectivity index (χ3v) is 4.25. The van der Waals surface area contributed by atoms with Crippen LogP contribution in [0.5, 0.6) is 5.88 Å². The Kier molecular flexibility index (Phi) is 5.30. The highest BCUT2D eigenvalue weighted by Crippen LogP contribution is 2.26. The van der Waals surface area contributed by atoms with Crippen molar-refractivity contribution in [2.24, 2.45) is 0 Å². The van der Waals surface area contributed by atoms with E-state index in [1.54, 1.807) is 25.1 Å². The average Bonchev–Trinajstić information content (AvgIpc) is 3.13. The Morgan fingerprint density at radius 1 is 1.29 bits per heavy atom. The second-order valence-corrected chi connectivity index (χ2v) is 5.87. The van der Waals surface area contributed by atoms with Crippen molar-refractivity contribution in [2.45, 2.75) is 20.3 Å². The van der Waals surface area contributed by atoms with Gasteiger partial charge in [-0.1, -0.05) is 13.0 Å². The summed E-state index contributed by atoms with van der Waals surface area (Å²) in [6, 6.07) is 7.87. The number of ether oxygens (including phenoxy) is 1. The van der Waals surface area contributed by atoms with E-state index < -0.39 is 10.8 Å². The van der Waals surface area contributed by atoms with E-state index in [4.69, 9.17) is 4.74 Å². The van der Waals surface area contributed by atoms with Crippen LogP contribution in [0.2, 0.25) is 0 Å². The molecule has 0 saturated heterocycles. The highest BCUT2D eigenvalue weighted by Gasteiger charge is 2.20. The number of nitro groups is 1. The predicted molar refractivity (Wildman–Crippen MR) is 101 cm³/mol. The zero-order valence-electron chi connectivity index (χ0n) is 15.5. The number of amides is 1. The van der Waals surface area contributed by atoms with E-state index in [2.05, 4.69) is 20.6 Å². The summed E-state index contributed by atoms with van der Waals surface area (Å²) in [5.74, 6) is 0.407. The Hall–Kier alpha value is -3.82. The standard InChI is InChI=1S/C18H18N6O4/c1-4-14-12(10-19-23(14)16-8-9-17(28-3)22-21-16)18(25)20-13-6-5-7-15(11(13)2)24(26)27/h5-10H,4H2,1-3H3,(H,20,25). The molecule has 0 saturated carbocycles. The maximum absolute atomic E-state index is 12.8. The largest absolute Gasteiger partial charge is 0.480 e. The zero-order valence-corrected chi connectivity index (χ0v) is 15.5. The summed E-state index contributed by atoms with van der Waals surface area (Å²) in [6.07, 6.45) is 1.96. The van der Waals surface area contributed by atoms with Gasteiger partial charge in [-0.3, -0.25) is 14.9 Å². The summed E-state index contributed by atoms with van der Waals surface area (Å²) >= 11 is 0. The van der Waals surface area contributed by atoms with Gasteiger partial charge in [-0.25, -0.2) is 4.68 Å². The number of benzene rings is 1. The summed E-state index contributed by atoms with van der Waals surface area (Å²) in [5.41, 5.74) is 1.69. The second kappa shape index (κ2) is 7.82. The smallest absolute Gasteiger partial charge is 0.274 e. The molecule has 0 aliphatic rings. The van der Waals surface area contributed by atoms with Crippen molar-refractivity contribution in [3.05, 3.63) is 63.5 Å². The number of carbonyl (C=O) groups is 1. The van der Waals surface area contributed by atoms with Gasteiger partial charge in [0.25, 0.3) is 11.6 Å². The molecule has 10 heteroatoms. The van der Waals surface area contributed by atoms with E-state index in [0.29, 0.717) is 40.6 Å². The molecule has 2 aromatic heterocycles. The maximum atomic E-state index is 12.8. The van der Waals surface area contributed by atoms with Gasteiger partial charge in [0.05, 0.1) is 40.7 Å². The maximum Gasteiger partial charge on any atom is 0.274 e. The van der Waals surface area contributed by atoms with Crippen molar-refractivity contribution in [3.8, 4) is 11.7 Å². The van der Waals surface area contributed by atoms with Crippen molar-refractivity contribution >= 4 is 17.3 Å². The van der Waals surface area contributed by atoms with Gasteiger partial charge < -0.3 is 10.1 Å². The molecule has 2 heterocycles. The predicted octanol–water partition coefficient (Wildman–Crippen LogP) is 2.70. The van der Waals surface area contributed by atoms with Crippen LogP contribution in [0, 0.1) is 17.0 Å². The molecule has 28 heavy (non-hydrogen) atoms. The molecular formula is C18H18N6O4. The lowest BCUT2D eigenvalue weighted by atomic mass is 10.1. The third-order valence-electron chi connectivity index (χ3n) is 4.25. The van der Waals surface area contributed by atoms with Crippen LogP contribution < -0.4 is 10.1 Å². The quantitative estimate of drug-likeness (QED) is 0.513. The highest BCUT2D eigenvalue weighted by atomic mass is 16.6. The van der Waals surface area contributed by atoms with Crippen molar-refractivity contribution in [2.75, 3.05) is 12.4 Å². The Balaban J connectivity index is 1.92. The second-order valence-electron chi connectivity index (χ2n) is 5.87. The SMILES string of the molecule is CCc1c(C(=O)Nc2cccc([N+](=O)[O-])c2C)cnn1-c1ccc(OC)nn1. The van der Waals surface area contributed by atoms with Crippen molar-refractivity contribution < 1.29 is 14.5 Å². The van der Waals surface area contributed by atoms with Crippen LogP contribution in [0.25, 0.3) is 5.82 Å². The molecule has 0 radical (unpaired) electrons. The van der Waals surface area contributed by atoms with Gasteiger partial charge in [0.2, 0.25) is 5.88 Å². The molecular weight excluding hydrogens is 364 g/mol. The Bertz CT molecular complexity index is 1030. The molecule has 0 fully saturated rings. The first-order valence-electron chi connectivity index (χ1n) is 8.46. The molecule has 0 unspecified atom stereocenters. The van der Waals surface area contributed by atoms with E-state index in [1.807, 2.05) is 6.92 Å². The van der Waals surface area contributed by atoms with E-state index in [9.17, 15) is 14.9 Å². The fraction of sp³-hybridized carbons (Fsp3) is 0.222. The van der Waals surface area contributed by atoms with Crippen molar-refractivity contribution in [3.63, 3.8) is 0 Å². The van der Waals surface area contributed by atoms with Gasteiger partial charge >= 0.3 is 0 Å². The summed E-state index contributed by atoms with van der Waals surface area (Å²) < 4.78 is 6.52. The van der Waals surface area contributed by atoms with Crippen molar-refractivity contribution in [1.82, 2.24) is 20.0 Å². The molecule has 0 bridgehead atoms. The fourth-order valence-corrected chi connectivity index (χ4v) is 2.78. The minimum atomic E-state index is -0.483. The van der Waals surface area contributed by atoms with Crippen LogP contribution in [0.1, 0.15) is 28.5 Å². The van der Waals surface area contributed by atoms with E-state index in [0.717, 1.165) is 0 Å².